The largest absolute Gasteiger partial charge is 0.326 e. The minimum atomic E-state index is 0.0597. The zero-order valence-electron chi connectivity index (χ0n) is 10.5. The lowest BCUT2D eigenvalue weighted by molar-refractivity contribution is -0.116. The Morgan fingerprint density at radius 1 is 1.06 bits per heavy atom. The lowest BCUT2D eigenvalue weighted by Gasteiger charge is -2.06. The lowest BCUT2D eigenvalue weighted by Crippen LogP contribution is -2.14. The highest BCUT2D eigenvalue weighted by Gasteiger charge is 2.02. The number of benzene rings is 2. The molecule has 0 spiro atoms. The molecule has 1 N–H and O–H groups in total. The Bertz CT molecular complexity index is 525. The molecule has 90 valence electrons. The molecule has 2 aromatic rings. The summed E-state index contributed by atoms with van der Waals surface area (Å²) in [6.45, 7) is 0. The number of carbonyl (C=O) groups is 1. The first-order valence-electron chi connectivity index (χ1n) is 6.14. The summed E-state index contributed by atoms with van der Waals surface area (Å²) in [5.41, 5.74) is 3.21. The van der Waals surface area contributed by atoms with Crippen molar-refractivity contribution >= 4 is 24.9 Å². The molecule has 0 radical (unpaired) electrons. The molecular formula is C15H16BNO. The van der Waals surface area contributed by atoms with E-state index in [0.717, 1.165) is 17.6 Å². The van der Waals surface area contributed by atoms with Gasteiger partial charge in [0.15, 0.2) is 0 Å². The van der Waals surface area contributed by atoms with E-state index < -0.39 is 0 Å². The first-order valence-corrected chi connectivity index (χ1v) is 6.14. The van der Waals surface area contributed by atoms with E-state index in [-0.39, 0.29) is 5.91 Å². The van der Waals surface area contributed by atoms with Gasteiger partial charge in [0.25, 0.3) is 0 Å². The summed E-state index contributed by atoms with van der Waals surface area (Å²) in [6.07, 6.45) is 1.29. The molecule has 0 saturated heterocycles. The number of hydrogen-bond donors (Lipinski definition) is 1. The van der Waals surface area contributed by atoms with Crippen LogP contribution in [0.3, 0.4) is 0 Å². The number of rotatable bonds is 4. The second kappa shape index (κ2) is 6.06. The molecule has 2 rings (SSSR count). The van der Waals surface area contributed by atoms with Crippen molar-refractivity contribution in [2.45, 2.75) is 12.8 Å². The molecule has 0 heterocycles. The fourth-order valence-corrected chi connectivity index (χ4v) is 1.85. The first-order chi connectivity index (χ1) is 8.74. The Labute approximate surface area is 108 Å². The molecule has 0 aliphatic rings. The fourth-order valence-electron chi connectivity index (χ4n) is 1.85. The smallest absolute Gasteiger partial charge is 0.224 e. The van der Waals surface area contributed by atoms with Gasteiger partial charge in [0.1, 0.15) is 7.85 Å². The van der Waals surface area contributed by atoms with Gasteiger partial charge in [-0.05, 0) is 24.1 Å². The van der Waals surface area contributed by atoms with Gasteiger partial charge in [-0.3, -0.25) is 4.79 Å². The van der Waals surface area contributed by atoms with Gasteiger partial charge in [0.05, 0.1) is 0 Å². The monoisotopic (exact) mass is 237 g/mol. The van der Waals surface area contributed by atoms with Crippen LogP contribution < -0.4 is 10.8 Å². The maximum atomic E-state index is 11.8. The van der Waals surface area contributed by atoms with Crippen LogP contribution in [0.2, 0.25) is 0 Å². The molecular weight excluding hydrogens is 221 g/mol. The second-order valence-electron chi connectivity index (χ2n) is 4.40. The van der Waals surface area contributed by atoms with Gasteiger partial charge >= 0.3 is 0 Å². The molecule has 18 heavy (non-hydrogen) atoms. The average molecular weight is 237 g/mol. The summed E-state index contributed by atoms with van der Waals surface area (Å²) >= 11 is 0. The third-order valence-corrected chi connectivity index (χ3v) is 2.79. The van der Waals surface area contributed by atoms with E-state index in [1.807, 2.05) is 62.4 Å². The van der Waals surface area contributed by atoms with Crippen LogP contribution in [-0.4, -0.2) is 13.8 Å². The van der Waals surface area contributed by atoms with Crippen LogP contribution in [0, 0.1) is 0 Å². The van der Waals surface area contributed by atoms with Crippen LogP contribution in [0.1, 0.15) is 12.0 Å². The molecule has 0 saturated carbocycles. The van der Waals surface area contributed by atoms with Crippen molar-refractivity contribution in [3.05, 3.63) is 60.2 Å². The van der Waals surface area contributed by atoms with Crippen molar-refractivity contribution in [3.63, 3.8) is 0 Å². The molecule has 0 atom stereocenters. The number of nitrogens with one attached hydrogen (secondary N) is 1. The second-order valence-corrected chi connectivity index (χ2v) is 4.40. The van der Waals surface area contributed by atoms with Gasteiger partial charge in [0.2, 0.25) is 5.91 Å². The van der Waals surface area contributed by atoms with Gasteiger partial charge in [-0.2, -0.15) is 0 Å². The predicted octanol–water partition coefficient (Wildman–Crippen LogP) is 1.52. The minimum Gasteiger partial charge on any atom is -0.326 e. The maximum Gasteiger partial charge on any atom is 0.224 e. The number of amides is 1. The SMILES string of the molecule is Bc1cccc(NC(=O)CCc2ccccc2)c1. The number of hydrogen-bond acceptors (Lipinski definition) is 1. The van der Waals surface area contributed by atoms with E-state index in [1.54, 1.807) is 0 Å². The highest BCUT2D eigenvalue weighted by atomic mass is 16.1. The van der Waals surface area contributed by atoms with Crippen LogP contribution in [0.5, 0.6) is 0 Å². The van der Waals surface area contributed by atoms with Gasteiger partial charge in [-0.25, -0.2) is 0 Å². The quantitative estimate of drug-likeness (QED) is 0.802. The third-order valence-electron chi connectivity index (χ3n) is 2.79. The highest BCUT2D eigenvalue weighted by Crippen LogP contribution is 2.06. The Morgan fingerprint density at radius 3 is 2.56 bits per heavy atom. The molecule has 1 amide bonds. The van der Waals surface area contributed by atoms with Crippen LogP contribution in [0.15, 0.2) is 54.6 Å². The van der Waals surface area contributed by atoms with Crippen molar-refractivity contribution in [3.8, 4) is 0 Å². The Kier molecular flexibility index (Phi) is 4.18. The zero-order valence-corrected chi connectivity index (χ0v) is 10.5. The summed E-state index contributed by atoms with van der Waals surface area (Å²) in [7, 11) is 2.01. The van der Waals surface area contributed by atoms with E-state index in [4.69, 9.17) is 0 Å². The van der Waals surface area contributed by atoms with Crippen molar-refractivity contribution in [1.82, 2.24) is 0 Å². The number of aryl methyl sites for hydroxylation is 1. The van der Waals surface area contributed by atoms with Gasteiger partial charge in [0, 0.05) is 12.1 Å². The predicted molar refractivity (Wildman–Crippen MR) is 78.0 cm³/mol. The van der Waals surface area contributed by atoms with Crippen molar-refractivity contribution in [1.29, 1.82) is 0 Å². The summed E-state index contributed by atoms with van der Waals surface area (Å²) in [5, 5.41) is 2.91. The van der Waals surface area contributed by atoms with Crippen molar-refractivity contribution in [2.24, 2.45) is 0 Å². The van der Waals surface area contributed by atoms with Crippen LogP contribution in [0.25, 0.3) is 0 Å². The molecule has 2 aromatic carbocycles. The van der Waals surface area contributed by atoms with Crippen LogP contribution >= 0.6 is 0 Å². The first kappa shape index (κ1) is 12.4. The van der Waals surface area contributed by atoms with Gasteiger partial charge < -0.3 is 5.32 Å². The molecule has 0 fully saturated rings. The third kappa shape index (κ3) is 3.77. The van der Waals surface area contributed by atoms with E-state index in [9.17, 15) is 4.79 Å². The molecule has 0 aliphatic carbocycles. The number of anilines is 1. The highest BCUT2D eigenvalue weighted by molar-refractivity contribution is 6.32. The maximum absolute atomic E-state index is 11.8. The zero-order chi connectivity index (χ0) is 12.8. The molecule has 0 unspecified atom stereocenters. The molecule has 0 bridgehead atoms. The van der Waals surface area contributed by atoms with E-state index in [2.05, 4.69) is 5.32 Å². The lowest BCUT2D eigenvalue weighted by atomic mass is 9.96. The normalized spacial score (nSPS) is 10.0. The summed E-state index contributed by atoms with van der Waals surface area (Å²) < 4.78 is 0. The number of carbonyl (C=O) groups excluding carboxylic acids is 1. The fraction of sp³-hybridized carbons (Fsp3) is 0.133. The Balaban J connectivity index is 1.86. The van der Waals surface area contributed by atoms with Gasteiger partial charge in [-0.1, -0.05) is 47.9 Å². The summed E-state index contributed by atoms with van der Waals surface area (Å²) in [5.74, 6) is 0.0597. The molecule has 3 heteroatoms. The van der Waals surface area contributed by atoms with E-state index in [1.165, 1.54) is 5.56 Å². The standard InChI is InChI=1S/C15H16BNO/c16-13-7-4-8-14(11-13)17-15(18)10-9-12-5-2-1-3-6-12/h1-8,11H,9-10,16H2,(H,17,18). The van der Waals surface area contributed by atoms with Crippen molar-refractivity contribution < 1.29 is 4.79 Å². The van der Waals surface area contributed by atoms with Crippen LogP contribution in [-0.2, 0) is 11.2 Å². The van der Waals surface area contributed by atoms with E-state index >= 15 is 0 Å². The van der Waals surface area contributed by atoms with Crippen LogP contribution in [0.4, 0.5) is 5.69 Å². The summed E-state index contributed by atoms with van der Waals surface area (Å²) in [4.78, 5) is 11.8. The molecule has 0 aliphatic heterocycles. The summed E-state index contributed by atoms with van der Waals surface area (Å²) in [6, 6.07) is 17.9. The molecule has 2 nitrogen and oxygen atoms in total. The minimum absolute atomic E-state index is 0.0597. The van der Waals surface area contributed by atoms with Gasteiger partial charge in [-0.15, -0.1) is 0 Å². The molecule has 0 aromatic heterocycles. The topological polar surface area (TPSA) is 29.1 Å². The van der Waals surface area contributed by atoms with Crippen molar-refractivity contribution in [2.75, 3.05) is 5.32 Å². The Hall–Kier alpha value is -2.03. The van der Waals surface area contributed by atoms with E-state index in [0.29, 0.717) is 6.42 Å². The Morgan fingerprint density at radius 2 is 1.83 bits per heavy atom. The average Bonchev–Trinajstić information content (AvgIpc) is 2.38.